The molecule has 6 nitrogen and oxygen atoms in total. The van der Waals surface area contributed by atoms with Crippen molar-refractivity contribution in [1.82, 2.24) is 5.32 Å². The predicted octanol–water partition coefficient (Wildman–Crippen LogP) is 4.12. The zero-order chi connectivity index (χ0) is 19.3. The molecule has 140 valence electrons. The van der Waals surface area contributed by atoms with Crippen molar-refractivity contribution >= 4 is 11.7 Å². The molecule has 26 heavy (non-hydrogen) atoms. The highest BCUT2D eigenvalue weighted by Gasteiger charge is 2.19. The molecule has 2 amide bonds. The number of anilines is 1. The van der Waals surface area contributed by atoms with Gasteiger partial charge in [-0.25, -0.2) is 4.79 Å². The minimum absolute atomic E-state index is 0.156. The molecule has 0 aliphatic heterocycles. The van der Waals surface area contributed by atoms with Crippen LogP contribution in [0.3, 0.4) is 0 Å². The second-order valence-electron chi connectivity index (χ2n) is 6.04. The topological polar surface area (TPSA) is 71.0 Å². The standard InChI is InChI=1S/C20H26N2O4/c1-6-25-18-9-7-8-17(22(24)20(23)21-5)16(18)12-26-19-11-14(3)13(2)10-15(19)4/h7-11,24H,6,12H2,1-5H3,(H,21,23). The van der Waals surface area contributed by atoms with Crippen LogP contribution in [0.2, 0.25) is 0 Å². The summed E-state index contributed by atoms with van der Waals surface area (Å²) in [7, 11) is 1.45. The molecule has 0 aromatic heterocycles. The van der Waals surface area contributed by atoms with Crippen molar-refractivity contribution < 1.29 is 19.5 Å². The van der Waals surface area contributed by atoms with Crippen LogP contribution in [0.4, 0.5) is 10.5 Å². The molecule has 6 heteroatoms. The highest BCUT2D eigenvalue weighted by molar-refractivity contribution is 5.90. The average Bonchev–Trinajstić information content (AvgIpc) is 2.63. The number of amides is 2. The molecular weight excluding hydrogens is 332 g/mol. The molecular formula is C20H26N2O4. The van der Waals surface area contributed by atoms with Gasteiger partial charge in [-0.05, 0) is 62.6 Å². The second kappa shape index (κ2) is 8.58. The first kappa shape index (κ1) is 19.6. The van der Waals surface area contributed by atoms with E-state index in [1.807, 2.05) is 26.8 Å². The first-order chi connectivity index (χ1) is 12.4. The van der Waals surface area contributed by atoms with Gasteiger partial charge in [0.05, 0.1) is 17.9 Å². The van der Waals surface area contributed by atoms with Crippen LogP contribution < -0.4 is 19.9 Å². The number of urea groups is 1. The number of hydrogen-bond donors (Lipinski definition) is 2. The van der Waals surface area contributed by atoms with Crippen LogP contribution in [-0.4, -0.2) is 24.9 Å². The summed E-state index contributed by atoms with van der Waals surface area (Å²) in [6, 6.07) is 8.58. The van der Waals surface area contributed by atoms with E-state index in [2.05, 4.69) is 18.3 Å². The first-order valence-corrected chi connectivity index (χ1v) is 8.55. The maximum Gasteiger partial charge on any atom is 0.345 e. The van der Waals surface area contributed by atoms with Gasteiger partial charge in [0.25, 0.3) is 0 Å². The molecule has 0 saturated heterocycles. The summed E-state index contributed by atoms with van der Waals surface area (Å²) in [6.07, 6.45) is 0. The number of hydrogen-bond acceptors (Lipinski definition) is 4. The van der Waals surface area contributed by atoms with Crippen molar-refractivity contribution in [3.05, 3.63) is 52.6 Å². The lowest BCUT2D eigenvalue weighted by Gasteiger charge is -2.21. The zero-order valence-electron chi connectivity index (χ0n) is 15.9. The third-order valence-corrected chi connectivity index (χ3v) is 4.21. The van der Waals surface area contributed by atoms with Crippen LogP contribution in [0.25, 0.3) is 0 Å². The summed E-state index contributed by atoms with van der Waals surface area (Å²) in [6.45, 7) is 8.57. The predicted molar refractivity (Wildman–Crippen MR) is 101 cm³/mol. The Labute approximate surface area is 154 Å². The van der Waals surface area contributed by atoms with Gasteiger partial charge in [-0.2, -0.15) is 5.06 Å². The van der Waals surface area contributed by atoms with E-state index in [-0.39, 0.29) is 6.61 Å². The van der Waals surface area contributed by atoms with Crippen molar-refractivity contribution in [2.45, 2.75) is 34.3 Å². The van der Waals surface area contributed by atoms with Crippen LogP contribution in [0.1, 0.15) is 29.2 Å². The summed E-state index contributed by atoms with van der Waals surface area (Å²) < 4.78 is 11.7. The monoisotopic (exact) mass is 358 g/mol. The Morgan fingerprint density at radius 2 is 1.77 bits per heavy atom. The SMILES string of the molecule is CCOc1cccc(N(O)C(=O)NC)c1COc1cc(C)c(C)cc1C. The summed E-state index contributed by atoms with van der Waals surface area (Å²) in [5, 5.41) is 13.2. The van der Waals surface area contributed by atoms with Crippen LogP contribution in [0.15, 0.2) is 30.3 Å². The number of hydroxylamine groups is 1. The minimum Gasteiger partial charge on any atom is -0.493 e. The molecule has 0 aliphatic rings. The third kappa shape index (κ3) is 4.26. The van der Waals surface area contributed by atoms with Gasteiger partial charge in [-0.3, -0.25) is 5.21 Å². The molecule has 0 unspecified atom stereocenters. The normalized spacial score (nSPS) is 10.4. The van der Waals surface area contributed by atoms with E-state index < -0.39 is 6.03 Å². The van der Waals surface area contributed by atoms with Crippen LogP contribution in [0.5, 0.6) is 11.5 Å². The molecule has 0 saturated carbocycles. The fourth-order valence-electron chi connectivity index (χ4n) is 2.64. The third-order valence-electron chi connectivity index (χ3n) is 4.21. The van der Waals surface area contributed by atoms with Gasteiger partial charge in [0.2, 0.25) is 0 Å². The van der Waals surface area contributed by atoms with Crippen molar-refractivity contribution in [3.63, 3.8) is 0 Å². The number of benzene rings is 2. The molecule has 0 bridgehead atoms. The zero-order valence-corrected chi connectivity index (χ0v) is 15.9. The lowest BCUT2D eigenvalue weighted by atomic mass is 10.1. The quantitative estimate of drug-likeness (QED) is 0.602. The number of carbonyl (C=O) groups is 1. The van der Waals surface area contributed by atoms with Gasteiger partial charge in [-0.1, -0.05) is 12.1 Å². The molecule has 0 radical (unpaired) electrons. The highest BCUT2D eigenvalue weighted by Crippen LogP contribution is 2.31. The molecule has 0 fully saturated rings. The highest BCUT2D eigenvalue weighted by atomic mass is 16.5. The molecule has 0 atom stereocenters. The van der Waals surface area contributed by atoms with Gasteiger partial charge in [0, 0.05) is 7.05 Å². The maximum atomic E-state index is 11.8. The Morgan fingerprint density at radius 1 is 1.08 bits per heavy atom. The lowest BCUT2D eigenvalue weighted by molar-refractivity contribution is 0.205. The van der Waals surface area contributed by atoms with E-state index >= 15 is 0 Å². The number of nitrogens with one attached hydrogen (secondary N) is 1. The summed E-state index contributed by atoms with van der Waals surface area (Å²) in [5.74, 6) is 1.32. The van der Waals surface area contributed by atoms with E-state index in [0.29, 0.717) is 28.7 Å². The van der Waals surface area contributed by atoms with Crippen molar-refractivity contribution in [3.8, 4) is 11.5 Å². The smallest absolute Gasteiger partial charge is 0.345 e. The molecule has 0 heterocycles. The average molecular weight is 358 g/mol. The molecule has 2 rings (SSSR count). The fraction of sp³-hybridized carbons (Fsp3) is 0.350. The lowest BCUT2D eigenvalue weighted by Crippen LogP contribution is -2.36. The number of ether oxygens (including phenoxy) is 2. The van der Waals surface area contributed by atoms with E-state index in [1.54, 1.807) is 18.2 Å². The number of rotatable bonds is 6. The first-order valence-electron chi connectivity index (χ1n) is 8.55. The Bertz CT molecular complexity index is 790. The summed E-state index contributed by atoms with van der Waals surface area (Å²) in [4.78, 5) is 11.8. The van der Waals surface area contributed by atoms with Crippen molar-refractivity contribution in [2.24, 2.45) is 0 Å². The molecule has 0 aliphatic carbocycles. The van der Waals surface area contributed by atoms with Gasteiger partial charge in [0.1, 0.15) is 18.1 Å². The number of aryl methyl sites for hydroxylation is 3. The number of carbonyl (C=O) groups excluding carboxylic acids is 1. The molecule has 2 aromatic rings. The van der Waals surface area contributed by atoms with Crippen LogP contribution in [0, 0.1) is 20.8 Å². The molecule has 2 N–H and O–H groups in total. The Morgan fingerprint density at radius 3 is 2.42 bits per heavy atom. The van der Waals surface area contributed by atoms with Crippen molar-refractivity contribution in [1.29, 1.82) is 0 Å². The van der Waals surface area contributed by atoms with E-state index in [1.165, 1.54) is 12.6 Å². The van der Waals surface area contributed by atoms with Gasteiger partial charge < -0.3 is 14.8 Å². The second-order valence-corrected chi connectivity index (χ2v) is 6.04. The van der Waals surface area contributed by atoms with Gasteiger partial charge in [-0.15, -0.1) is 0 Å². The van der Waals surface area contributed by atoms with Gasteiger partial charge in [0.15, 0.2) is 0 Å². The Kier molecular flexibility index (Phi) is 6.46. The van der Waals surface area contributed by atoms with Crippen LogP contribution in [-0.2, 0) is 6.61 Å². The Balaban J connectivity index is 2.37. The Hall–Kier alpha value is -2.73. The van der Waals surface area contributed by atoms with Crippen LogP contribution >= 0.6 is 0 Å². The van der Waals surface area contributed by atoms with E-state index in [4.69, 9.17) is 9.47 Å². The largest absolute Gasteiger partial charge is 0.493 e. The fourth-order valence-corrected chi connectivity index (χ4v) is 2.64. The molecule has 0 spiro atoms. The number of nitrogens with zero attached hydrogens (tertiary/aromatic N) is 1. The summed E-state index contributed by atoms with van der Waals surface area (Å²) in [5.41, 5.74) is 4.27. The van der Waals surface area contributed by atoms with Crippen molar-refractivity contribution in [2.75, 3.05) is 18.7 Å². The van der Waals surface area contributed by atoms with Gasteiger partial charge >= 0.3 is 6.03 Å². The minimum atomic E-state index is -0.637. The molecule has 2 aromatic carbocycles. The van der Waals surface area contributed by atoms with E-state index in [9.17, 15) is 10.0 Å². The maximum absolute atomic E-state index is 11.8. The summed E-state index contributed by atoms with van der Waals surface area (Å²) >= 11 is 0. The van der Waals surface area contributed by atoms with E-state index in [0.717, 1.165) is 16.9 Å².